The molecule has 1 atom stereocenters. The Kier molecular flexibility index (Phi) is 6.87. The molecular weight excluding hydrogens is 350 g/mol. The van der Waals surface area contributed by atoms with Crippen molar-refractivity contribution in [2.75, 3.05) is 51.3 Å². The monoisotopic (exact) mass is 381 g/mol. The molecule has 0 bridgehead atoms. The van der Waals surface area contributed by atoms with Crippen LogP contribution in [0.4, 0.5) is 5.95 Å². The minimum atomic E-state index is 0.691. The Labute approximate surface area is 167 Å². The summed E-state index contributed by atoms with van der Waals surface area (Å²) in [5.74, 6) is 1.45. The largest absolute Gasteiger partial charge is 0.379 e. The second-order valence-electron chi connectivity index (χ2n) is 7.91. The standard InChI is InChI=1S/C22H31N5O/c1-2-5-19(6-3-1)13-23-22-24-14-21(15-25-22)18-27-8-4-7-20(17-27)16-26-9-11-28-12-10-26/h1-3,5-6,14-15,20H,4,7-13,16-18H2,(H,23,24,25)/t20-/m0/s1. The molecule has 150 valence electrons. The van der Waals surface area contributed by atoms with E-state index in [2.05, 4.69) is 37.2 Å². The average molecular weight is 382 g/mol. The molecule has 3 heterocycles. The lowest BCUT2D eigenvalue weighted by atomic mass is 9.97. The highest BCUT2D eigenvalue weighted by atomic mass is 16.5. The normalized spacial score (nSPS) is 21.5. The lowest BCUT2D eigenvalue weighted by molar-refractivity contribution is 0.0224. The summed E-state index contributed by atoms with van der Waals surface area (Å²) in [5.41, 5.74) is 2.42. The molecule has 1 aromatic carbocycles. The predicted molar refractivity (Wildman–Crippen MR) is 111 cm³/mol. The zero-order chi connectivity index (χ0) is 19.0. The number of morpholine rings is 1. The van der Waals surface area contributed by atoms with Gasteiger partial charge in [0.25, 0.3) is 0 Å². The maximum atomic E-state index is 5.47. The quantitative estimate of drug-likeness (QED) is 0.796. The number of ether oxygens (including phenoxy) is 1. The van der Waals surface area contributed by atoms with Crippen molar-refractivity contribution >= 4 is 5.95 Å². The summed E-state index contributed by atoms with van der Waals surface area (Å²) < 4.78 is 5.47. The zero-order valence-electron chi connectivity index (χ0n) is 16.6. The van der Waals surface area contributed by atoms with Crippen LogP contribution in [0, 0.1) is 5.92 Å². The van der Waals surface area contributed by atoms with Gasteiger partial charge in [0.05, 0.1) is 13.2 Å². The minimum Gasteiger partial charge on any atom is -0.379 e. The van der Waals surface area contributed by atoms with Crippen LogP contribution in [0.5, 0.6) is 0 Å². The second-order valence-corrected chi connectivity index (χ2v) is 7.91. The minimum absolute atomic E-state index is 0.691. The molecule has 2 aliphatic rings. The molecule has 4 rings (SSSR count). The van der Waals surface area contributed by atoms with Gasteiger partial charge in [-0.1, -0.05) is 30.3 Å². The fraction of sp³-hybridized carbons (Fsp3) is 0.545. The van der Waals surface area contributed by atoms with Crippen molar-refractivity contribution in [3.8, 4) is 0 Å². The highest BCUT2D eigenvalue weighted by molar-refractivity contribution is 5.27. The summed E-state index contributed by atoms with van der Waals surface area (Å²) in [6.07, 6.45) is 6.55. The first kappa shape index (κ1) is 19.3. The number of nitrogens with one attached hydrogen (secondary N) is 1. The second kappa shape index (κ2) is 9.96. The number of benzene rings is 1. The Balaban J connectivity index is 1.24. The van der Waals surface area contributed by atoms with Gasteiger partial charge < -0.3 is 10.1 Å². The van der Waals surface area contributed by atoms with E-state index in [0.29, 0.717) is 5.95 Å². The third-order valence-electron chi connectivity index (χ3n) is 5.63. The van der Waals surface area contributed by atoms with E-state index in [-0.39, 0.29) is 0 Å². The van der Waals surface area contributed by atoms with Gasteiger partial charge in [-0.2, -0.15) is 0 Å². The van der Waals surface area contributed by atoms with Gasteiger partial charge in [-0.05, 0) is 30.9 Å². The SMILES string of the molecule is c1ccc(CNc2ncc(CN3CCC[C@@H](CN4CCOCC4)C3)cn2)cc1. The number of piperidine rings is 1. The molecule has 6 nitrogen and oxygen atoms in total. The van der Waals surface area contributed by atoms with Crippen molar-refractivity contribution in [3.63, 3.8) is 0 Å². The zero-order valence-corrected chi connectivity index (χ0v) is 16.6. The number of hydrogen-bond acceptors (Lipinski definition) is 6. The Morgan fingerprint density at radius 2 is 1.75 bits per heavy atom. The van der Waals surface area contributed by atoms with Gasteiger partial charge >= 0.3 is 0 Å². The van der Waals surface area contributed by atoms with Crippen LogP contribution in [0.25, 0.3) is 0 Å². The third kappa shape index (κ3) is 5.74. The molecule has 0 saturated carbocycles. The first-order valence-corrected chi connectivity index (χ1v) is 10.5. The number of nitrogens with zero attached hydrogens (tertiary/aromatic N) is 4. The van der Waals surface area contributed by atoms with Crippen molar-refractivity contribution in [1.29, 1.82) is 0 Å². The first-order chi connectivity index (χ1) is 13.8. The number of aromatic nitrogens is 2. The topological polar surface area (TPSA) is 53.5 Å². The highest BCUT2D eigenvalue weighted by Gasteiger charge is 2.23. The highest BCUT2D eigenvalue weighted by Crippen LogP contribution is 2.20. The molecule has 0 amide bonds. The summed E-state index contributed by atoms with van der Waals surface area (Å²) in [6, 6.07) is 10.3. The van der Waals surface area contributed by atoms with Crippen LogP contribution in [0.1, 0.15) is 24.0 Å². The van der Waals surface area contributed by atoms with E-state index in [1.165, 1.54) is 43.6 Å². The Morgan fingerprint density at radius 1 is 0.964 bits per heavy atom. The molecule has 1 N–H and O–H groups in total. The lowest BCUT2D eigenvalue weighted by Crippen LogP contribution is -2.44. The van der Waals surface area contributed by atoms with Crippen molar-refractivity contribution in [2.24, 2.45) is 5.92 Å². The summed E-state index contributed by atoms with van der Waals surface area (Å²) in [6.45, 7) is 9.19. The molecule has 28 heavy (non-hydrogen) atoms. The Bertz CT molecular complexity index is 703. The van der Waals surface area contributed by atoms with Crippen LogP contribution < -0.4 is 5.32 Å². The number of anilines is 1. The van der Waals surface area contributed by atoms with Gasteiger partial charge in [-0.25, -0.2) is 9.97 Å². The van der Waals surface area contributed by atoms with Gasteiger partial charge in [-0.3, -0.25) is 9.80 Å². The van der Waals surface area contributed by atoms with Gasteiger partial charge in [0, 0.05) is 57.2 Å². The van der Waals surface area contributed by atoms with E-state index in [0.717, 1.165) is 45.3 Å². The molecule has 0 radical (unpaired) electrons. The van der Waals surface area contributed by atoms with Crippen LogP contribution in [-0.2, 0) is 17.8 Å². The molecule has 0 spiro atoms. The number of likely N-dealkylation sites (tertiary alicyclic amines) is 1. The summed E-state index contributed by atoms with van der Waals surface area (Å²) in [7, 11) is 0. The Hall–Kier alpha value is -2.02. The van der Waals surface area contributed by atoms with E-state index in [9.17, 15) is 0 Å². The summed E-state index contributed by atoms with van der Waals surface area (Å²) in [4.78, 5) is 14.1. The van der Waals surface area contributed by atoms with Crippen LogP contribution in [0.3, 0.4) is 0 Å². The van der Waals surface area contributed by atoms with E-state index in [1.54, 1.807) is 0 Å². The van der Waals surface area contributed by atoms with Crippen LogP contribution in [0.15, 0.2) is 42.7 Å². The molecule has 0 aliphatic carbocycles. The van der Waals surface area contributed by atoms with Crippen LogP contribution >= 0.6 is 0 Å². The fourth-order valence-electron chi connectivity index (χ4n) is 4.16. The maximum Gasteiger partial charge on any atom is 0.222 e. The molecule has 2 aromatic rings. The predicted octanol–water partition coefficient (Wildman–Crippen LogP) is 2.63. The smallest absolute Gasteiger partial charge is 0.222 e. The fourth-order valence-corrected chi connectivity index (χ4v) is 4.16. The van der Waals surface area contributed by atoms with Crippen LogP contribution in [-0.4, -0.2) is 65.7 Å². The molecular formula is C22H31N5O. The van der Waals surface area contributed by atoms with Crippen molar-refractivity contribution in [1.82, 2.24) is 19.8 Å². The molecule has 2 saturated heterocycles. The maximum absolute atomic E-state index is 5.47. The van der Waals surface area contributed by atoms with Gasteiger partial charge in [0.2, 0.25) is 5.95 Å². The molecule has 0 unspecified atom stereocenters. The number of hydrogen-bond donors (Lipinski definition) is 1. The first-order valence-electron chi connectivity index (χ1n) is 10.5. The van der Waals surface area contributed by atoms with Crippen molar-refractivity contribution in [3.05, 3.63) is 53.9 Å². The molecule has 1 aromatic heterocycles. The summed E-state index contributed by atoms with van der Waals surface area (Å²) >= 11 is 0. The molecule has 6 heteroatoms. The average Bonchev–Trinajstić information content (AvgIpc) is 2.75. The third-order valence-corrected chi connectivity index (χ3v) is 5.63. The Morgan fingerprint density at radius 3 is 2.54 bits per heavy atom. The summed E-state index contributed by atoms with van der Waals surface area (Å²) in [5, 5.41) is 3.29. The van der Waals surface area contributed by atoms with Crippen molar-refractivity contribution < 1.29 is 4.74 Å². The van der Waals surface area contributed by atoms with E-state index >= 15 is 0 Å². The van der Waals surface area contributed by atoms with E-state index in [1.807, 2.05) is 30.6 Å². The lowest BCUT2D eigenvalue weighted by Gasteiger charge is -2.36. The van der Waals surface area contributed by atoms with Crippen LogP contribution in [0.2, 0.25) is 0 Å². The molecule has 2 aliphatic heterocycles. The van der Waals surface area contributed by atoms with Gasteiger partial charge in [-0.15, -0.1) is 0 Å². The van der Waals surface area contributed by atoms with Crippen molar-refractivity contribution in [2.45, 2.75) is 25.9 Å². The van der Waals surface area contributed by atoms with E-state index in [4.69, 9.17) is 4.74 Å². The van der Waals surface area contributed by atoms with E-state index < -0.39 is 0 Å². The van der Waals surface area contributed by atoms with Gasteiger partial charge in [0.1, 0.15) is 0 Å². The van der Waals surface area contributed by atoms with Gasteiger partial charge in [0.15, 0.2) is 0 Å². The number of rotatable bonds is 7. The molecule has 2 fully saturated rings.